The number of rotatable bonds is 5. The van der Waals surface area contributed by atoms with Gasteiger partial charge in [0.05, 0.1) is 10.5 Å². The van der Waals surface area contributed by atoms with Crippen LogP contribution in [-0.2, 0) is 15.4 Å². The lowest BCUT2D eigenvalue weighted by Gasteiger charge is -2.35. The first kappa shape index (κ1) is 23.1. The van der Waals surface area contributed by atoms with Crippen LogP contribution in [-0.4, -0.2) is 56.4 Å². The third-order valence-electron chi connectivity index (χ3n) is 5.44. The van der Waals surface area contributed by atoms with Crippen molar-refractivity contribution >= 4 is 27.7 Å². The quantitative estimate of drug-likeness (QED) is 0.741. The second kappa shape index (κ2) is 9.27. The molecule has 2 aromatic rings. The molecule has 7 nitrogen and oxygen atoms in total. The van der Waals surface area contributed by atoms with E-state index in [1.54, 1.807) is 17.0 Å². The van der Waals surface area contributed by atoms with E-state index in [-0.39, 0.29) is 48.1 Å². The first-order valence-corrected chi connectivity index (χ1v) is 11.7. The number of amides is 2. The summed E-state index contributed by atoms with van der Waals surface area (Å²) in [5, 5.41) is 12.8. The van der Waals surface area contributed by atoms with Crippen molar-refractivity contribution in [3.05, 3.63) is 64.7 Å². The fourth-order valence-corrected chi connectivity index (χ4v) is 5.23. The van der Waals surface area contributed by atoms with Crippen molar-refractivity contribution in [3.8, 4) is 6.07 Å². The molecule has 31 heavy (non-hydrogen) atoms. The number of halogens is 1. The number of nitrogens with zero attached hydrogens (tertiary/aromatic N) is 3. The molecule has 1 aliphatic rings. The average molecular weight is 461 g/mol. The van der Waals surface area contributed by atoms with Gasteiger partial charge >= 0.3 is 6.03 Å². The molecule has 0 aromatic heterocycles. The minimum absolute atomic E-state index is 0.00123. The third-order valence-corrected chi connectivity index (χ3v) is 7.63. The van der Waals surface area contributed by atoms with Gasteiger partial charge in [0.1, 0.15) is 6.07 Å². The maximum absolute atomic E-state index is 12.9. The summed E-state index contributed by atoms with van der Waals surface area (Å²) in [6.07, 6.45) is 0. The Bertz CT molecular complexity index is 1100. The summed E-state index contributed by atoms with van der Waals surface area (Å²) in [6, 6.07) is 15.4. The summed E-state index contributed by atoms with van der Waals surface area (Å²) >= 11 is 6.08. The number of carbonyl (C=O) groups is 1. The molecule has 0 spiro atoms. The molecular formula is C22H25ClN4O3S. The van der Waals surface area contributed by atoms with Crippen molar-refractivity contribution in [2.45, 2.75) is 24.2 Å². The number of benzene rings is 2. The molecular weight excluding hydrogens is 436 g/mol. The van der Waals surface area contributed by atoms with Crippen LogP contribution >= 0.6 is 11.6 Å². The minimum Gasteiger partial charge on any atom is -0.337 e. The fraction of sp³-hybridized carbons (Fsp3) is 0.364. The number of nitrogens with one attached hydrogen (secondary N) is 1. The topological polar surface area (TPSA) is 93.5 Å². The van der Waals surface area contributed by atoms with Crippen molar-refractivity contribution < 1.29 is 13.2 Å². The molecule has 0 unspecified atom stereocenters. The summed E-state index contributed by atoms with van der Waals surface area (Å²) in [6.45, 7) is 5.36. The zero-order chi connectivity index (χ0) is 22.6. The molecule has 9 heteroatoms. The van der Waals surface area contributed by atoms with Gasteiger partial charge in [-0.3, -0.25) is 0 Å². The number of sulfonamides is 1. The number of urea groups is 1. The lowest BCUT2D eigenvalue weighted by Crippen LogP contribution is -2.54. The normalized spacial score (nSPS) is 15.4. The van der Waals surface area contributed by atoms with Crippen LogP contribution in [0.3, 0.4) is 0 Å². The summed E-state index contributed by atoms with van der Waals surface area (Å²) < 4.78 is 27.2. The smallest absolute Gasteiger partial charge is 0.317 e. The number of carbonyl (C=O) groups excluding carboxylic acids is 1. The Hall–Kier alpha value is -2.60. The van der Waals surface area contributed by atoms with E-state index in [2.05, 4.69) is 5.32 Å². The molecule has 3 rings (SSSR count). The van der Waals surface area contributed by atoms with Crippen molar-refractivity contribution in [3.63, 3.8) is 0 Å². The van der Waals surface area contributed by atoms with Gasteiger partial charge in [-0.05, 0) is 29.8 Å². The van der Waals surface area contributed by atoms with Gasteiger partial charge in [-0.1, -0.05) is 49.7 Å². The summed E-state index contributed by atoms with van der Waals surface area (Å²) in [4.78, 5) is 14.3. The Morgan fingerprint density at radius 2 is 1.81 bits per heavy atom. The fourth-order valence-electron chi connectivity index (χ4n) is 3.47. The van der Waals surface area contributed by atoms with Crippen LogP contribution in [0.25, 0.3) is 0 Å². The number of hydrogen-bond donors (Lipinski definition) is 1. The maximum Gasteiger partial charge on any atom is 0.317 e. The molecule has 1 heterocycles. The summed E-state index contributed by atoms with van der Waals surface area (Å²) in [7, 11) is -3.79. The van der Waals surface area contributed by atoms with E-state index >= 15 is 0 Å². The maximum atomic E-state index is 12.9. The highest BCUT2D eigenvalue weighted by molar-refractivity contribution is 7.89. The lowest BCUT2D eigenvalue weighted by atomic mass is 9.84. The Morgan fingerprint density at radius 1 is 1.13 bits per heavy atom. The van der Waals surface area contributed by atoms with Gasteiger partial charge in [-0.2, -0.15) is 9.57 Å². The standard InChI is InChI=1S/C22H25ClN4O3S/c1-22(2,18-7-5-8-19(23)14-18)16-25-21(28)26-10-12-27(13-11-26)31(29,30)20-9-4-3-6-17(20)15-24/h3-9,14H,10-13,16H2,1-2H3,(H,25,28). The van der Waals surface area contributed by atoms with Gasteiger partial charge in [-0.25, -0.2) is 13.2 Å². The highest BCUT2D eigenvalue weighted by atomic mass is 35.5. The molecule has 0 aliphatic carbocycles. The monoisotopic (exact) mass is 460 g/mol. The van der Waals surface area contributed by atoms with Crippen LogP contribution in [0.15, 0.2) is 53.4 Å². The van der Waals surface area contributed by atoms with E-state index in [4.69, 9.17) is 11.6 Å². The first-order chi connectivity index (χ1) is 14.6. The van der Waals surface area contributed by atoms with Gasteiger partial charge in [0.25, 0.3) is 0 Å². The molecule has 1 aliphatic heterocycles. The van der Waals surface area contributed by atoms with E-state index in [9.17, 15) is 18.5 Å². The van der Waals surface area contributed by atoms with Gasteiger partial charge in [0, 0.05) is 43.2 Å². The average Bonchev–Trinajstić information content (AvgIpc) is 2.77. The van der Waals surface area contributed by atoms with Crippen molar-refractivity contribution in [1.29, 1.82) is 5.26 Å². The highest BCUT2D eigenvalue weighted by Gasteiger charge is 2.32. The molecule has 1 saturated heterocycles. The number of hydrogen-bond acceptors (Lipinski definition) is 4. The van der Waals surface area contributed by atoms with Crippen LogP contribution in [0, 0.1) is 11.3 Å². The number of nitriles is 1. The zero-order valence-electron chi connectivity index (χ0n) is 17.5. The molecule has 2 amide bonds. The van der Waals surface area contributed by atoms with E-state index in [0.29, 0.717) is 11.6 Å². The van der Waals surface area contributed by atoms with Crippen molar-refractivity contribution in [2.24, 2.45) is 0 Å². The van der Waals surface area contributed by atoms with Crippen LogP contribution in [0.5, 0.6) is 0 Å². The zero-order valence-corrected chi connectivity index (χ0v) is 19.1. The predicted octanol–water partition coefficient (Wildman–Crippen LogP) is 3.21. The summed E-state index contributed by atoms with van der Waals surface area (Å²) in [5.41, 5.74) is 0.825. The second-order valence-electron chi connectivity index (χ2n) is 8.05. The largest absolute Gasteiger partial charge is 0.337 e. The molecule has 0 saturated carbocycles. The molecule has 0 bridgehead atoms. The second-order valence-corrected chi connectivity index (χ2v) is 10.4. The molecule has 0 radical (unpaired) electrons. The van der Waals surface area contributed by atoms with E-state index in [1.165, 1.54) is 16.4 Å². The van der Waals surface area contributed by atoms with E-state index in [1.807, 2.05) is 44.2 Å². The van der Waals surface area contributed by atoms with Crippen LogP contribution in [0.2, 0.25) is 5.02 Å². The first-order valence-electron chi connectivity index (χ1n) is 9.93. The molecule has 1 N–H and O–H groups in total. The van der Waals surface area contributed by atoms with Gasteiger partial charge in [0.15, 0.2) is 0 Å². The van der Waals surface area contributed by atoms with Gasteiger partial charge < -0.3 is 10.2 Å². The molecule has 1 fully saturated rings. The molecule has 2 aromatic carbocycles. The Morgan fingerprint density at radius 3 is 2.45 bits per heavy atom. The number of piperazine rings is 1. The Kier molecular flexibility index (Phi) is 6.90. The molecule has 164 valence electrons. The lowest BCUT2D eigenvalue weighted by molar-refractivity contribution is 0.170. The van der Waals surface area contributed by atoms with Crippen LogP contribution in [0.4, 0.5) is 4.79 Å². The molecule has 0 atom stereocenters. The van der Waals surface area contributed by atoms with Crippen molar-refractivity contribution in [1.82, 2.24) is 14.5 Å². The highest BCUT2D eigenvalue weighted by Crippen LogP contribution is 2.25. The SMILES string of the molecule is CC(C)(CNC(=O)N1CCN(S(=O)(=O)c2ccccc2C#N)CC1)c1cccc(Cl)c1. The van der Waals surface area contributed by atoms with E-state index < -0.39 is 10.0 Å². The Balaban J connectivity index is 1.59. The van der Waals surface area contributed by atoms with Crippen LogP contribution in [0.1, 0.15) is 25.0 Å². The predicted molar refractivity (Wildman–Crippen MR) is 119 cm³/mol. The van der Waals surface area contributed by atoms with Gasteiger partial charge in [-0.15, -0.1) is 0 Å². The third kappa shape index (κ3) is 5.18. The summed E-state index contributed by atoms with van der Waals surface area (Å²) in [5.74, 6) is 0. The van der Waals surface area contributed by atoms with Crippen LogP contribution < -0.4 is 5.32 Å². The van der Waals surface area contributed by atoms with Crippen molar-refractivity contribution in [2.75, 3.05) is 32.7 Å². The minimum atomic E-state index is -3.79. The Labute approximate surface area is 188 Å². The van der Waals surface area contributed by atoms with E-state index in [0.717, 1.165) is 5.56 Å². The van der Waals surface area contributed by atoms with Gasteiger partial charge in [0.2, 0.25) is 10.0 Å².